The van der Waals surface area contributed by atoms with Crippen molar-refractivity contribution >= 4 is 23.0 Å². The zero-order valence-corrected chi connectivity index (χ0v) is 14.6. The number of nitrogens with zero attached hydrogens (tertiary/aromatic N) is 1. The fraction of sp³-hybridized carbons (Fsp3) is 0.438. The molecular formula is C16H18F5N3OS. The summed E-state index contributed by atoms with van der Waals surface area (Å²) in [5.74, 6) is -3.93. The summed E-state index contributed by atoms with van der Waals surface area (Å²) in [5.41, 5.74) is -1.50. The number of hydrogen-bond donors (Lipinski definition) is 3. The van der Waals surface area contributed by atoms with E-state index in [4.69, 9.17) is 12.2 Å². The molecule has 0 aliphatic carbocycles. The first-order chi connectivity index (χ1) is 11.9. The lowest BCUT2D eigenvalue weighted by Gasteiger charge is -2.23. The number of halogens is 5. The van der Waals surface area contributed by atoms with E-state index in [9.17, 15) is 27.1 Å². The number of anilines is 1. The Morgan fingerprint density at radius 3 is 2.54 bits per heavy atom. The second kappa shape index (κ2) is 7.26. The molecule has 2 rings (SSSR count). The Morgan fingerprint density at radius 1 is 1.31 bits per heavy atom. The van der Waals surface area contributed by atoms with Gasteiger partial charge in [0.05, 0.1) is 11.3 Å². The summed E-state index contributed by atoms with van der Waals surface area (Å²) in [6, 6.07) is 2.66. The van der Waals surface area contributed by atoms with Gasteiger partial charge in [0.25, 0.3) is 5.92 Å². The smallest absolute Gasteiger partial charge is 0.420 e. The van der Waals surface area contributed by atoms with Crippen LogP contribution in [0.15, 0.2) is 30.5 Å². The Morgan fingerprint density at radius 2 is 1.96 bits per heavy atom. The molecule has 1 heterocycles. The number of rotatable bonds is 4. The predicted molar refractivity (Wildman–Crippen MR) is 92.2 cm³/mol. The number of phenols is 1. The van der Waals surface area contributed by atoms with Crippen LogP contribution in [0.3, 0.4) is 0 Å². The summed E-state index contributed by atoms with van der Waals surface area (Å²) in [7, 11) is 0. The number of likely N-dealkylation sites (tertiary alicyclic amines) is 1. The lowest BCUT2D eigenvalue weighted by molar-refractivity contribution is -0.138. The Bertz CT molecular complexity index is 702. The fourth-order valence-corrected chi connectivity index (χ4v) is 2.76. The normalized spacial score (nSPS) is 17.9. The minimum Gasteiger partial charge on any atom is -0.507 e. The number of phenolic OH excluding ortho intramolecular Hbond substituents is 1. The van der Waals surface area contributed by atoms with E-state index in [2.05, 4.69) is 17.2 Å². The average molecular weight is 395 g/mol. The van der Waals surface area contributed by atoms with Crippen LogP contribution in [0.5, 0.6) is 5.75 Å². The Labute approximate surface area is 152 Å². The molecule has 1 unspecified atom stereocenters. The third kappa shape index (κ3) is 4.96. The molecule has 1 aromatic rings. The van der Waals surface area contributed by atoms with Crippen LogP contribution >= 0.6 is 12.2 Å². The molecule has 1 saturated heterocycles. The lowest BCUT2D eigenvalue weighted by Crippen LogP contribution is -2.39. The summed E-state index contributed by atoms with van der Waals surface area (Å²) >= 11 is 5.18. The van der Waals surface area contributed by atoms with Crippen molar-refractivity contribution in [2.75, 3.05) is 18.4 Å². The van der Waals surface area contributed by atoms with Gasteiger partial charge in [-0.15, -0.1) is 0 Å². The molecular weight excluding hydrogens is 377 g/mol. The first kappa shape index (κ1) is 20.2. The maximum atomic E-state index is 13.2. The van der Waals surface area contributed by atoms with Crippen LogP contribution in [0.25, 0.3) is 0 Å². The largest absolute Gasteiger partial charge is 0.507 e. The van der Waals surface area contributed by atoms with Crippen LogP contribution in [0.1, 0.15) is 18.9 Å². The van der Waals surface area contributed by atoms with Crippen LogP contribution in [-0.2, 0) is 6.18 Å². The van der Waals surface area contributed by atoms with Crippen molar-refractivity contribution in [3.05, 3.63) is 36.0 Å². The monoisotopic (exact) mass is 395 g/mol. The first-order valence-electron chi connectivity index (χ1n) is 7.68. The van der Waals surface area contributed by atoms with Gasteiger partial charge in [-0.25, -0.2) is 8.78 Å². The molecule has 0 saturated carbocycles. The van der Waals surface area contributed by atoms with Crippen LogP contribution in [0, 0.1) is 0 Å². The third-order valence-electron chi connectivity index (χ3n) is 3.94. The molecule has 1 atom stereocenters. The zero-order chi connectivity index (χ0) is 19.7. The van der Waals surface area contributed by atoms with E-state index >= 15 is 0 Å². The number of nitrogens with one attached hydrogen (secondary N) is 2. The molecule has 1 aliphatic rings. The molecule has 0 aromatic heterocycles. The molecule has 0 radical (unpaired) electrons. The van der Waals surface area contributed by atoms with Crippen molar-refractivity contribution in [2.45, 2.75) is 31.5 Å². The van der Waals surface area contributed by atoms with Gasteiger partial charge in [-0.05, 0) is 36.8 Å². The summed E-state index contributed by atoms with van der Waals surface area (Å²) < 4.78 is 64.8. The van der Waals surface area contributed by atoms with Crippen LogP contribution < -0.4 is 10.6 Å². The second-order valence-corrected chi connectivity index (χ2v) is 6.49. The number of benzene rings is 1. The maximum Gasteiger partial charge on any atom is 0.420 e. The summed E-state index contributed by atoms with van der Waals surface area (Å²) in [6.07, 6.45) is -4.17. The second-order valence-electron chi connectivity index (χ2n) is 6.10. The molecule has 26 heavy (non-hydrogen) atoms. The summed E-state index contributed by atoms with van der Waals surface area (Å²) in [6.45, 7) is 4.82. The van der Waals surface area contributed by atoms with Crippen LogP contribution in [-0.4, -0.2) is 40.2 Å². The molecule has 0 bridgehead atoms. The highest BCUT2D eigenvalue weighted by atomic mass is 32.1. The van der Waals surface area contributed by atoms with E-state index < -0.39 is 29.1 Å². The lowest BCUT2D eigenvalue weighted by atomic mass is 10.1. The van der Waals surface area contributed by atoms with E-state index in [1.54, 1.807) is 4.90 Å². The van der Waals surface area contributed by atoms with Gasteiger partial charge in [-0.2, -0.15) is 13.2 Å². The first-order valence-corrected chi connectivity index (χ1v) is 8.08. The SMILES string of the molecule is C=C(NC1CCN(C(=S)Nc2ccc(O)c(C(F)(F)F)c2)C1)C(C)(F)F. The number of allylic oxidation sites excluding steroid dienone is 1. The van der Waals surface area contributed by atoms with Gasteiger partial charge in [0.15, 0.2) is 5.11 Å². The van der Waals surface area contributed by atoms with Gasteiger partial charge in [0, 0.05) is 31.7 Å². The van der Waals surface area contributed by atoms with E-state index in [1.807, 2.05) is 0 Å². The Hall–Kier alpha value is -2.10. The van der Waals surface area contributed by atoms with Crippen LogP contribution in [0.2, 0.25) is 0 Å². The topological polar surface area (TPSA) is 47.5 Å². The van der Waals surface area contributed by atoms with E-state index in [0.717, 1.165) is 19.1 Å². The zero-order valence-electron chi connectivity index (χ0n) is 13.8. The maximum absolute atomic E-state index is 13.2. The molecule has 3 N–H and O–H groups in total. The molecule has 1 aliphatic heterocycles. The molecule has 1 aromatic carbocycles. The summed E-state index contributed by atoms with van der Waals surface area (Å²) in [4.78, 5) is 1.66. The standard InChI is InChI=1S/C16H18F5N3OS/c1-9(15(2,17)18)22-11-5-6-24(8-11)14(26)23-10-3-4-13(25)12(7-10)16(19,20)21/h3-4,7,11,22,25H,1,5-6,8H2,2H3,(H,23,26). The van der Waals surface area contributed by atoms with Crippen LogP contribution in [0.4, 0.5) is 27.6 Å². The van der Waals surface area contributed by atoms with Crippen molar-refractivity contribution in [3.63, 3.8) is 0 Å². The molecule has 4 nitrogen and oxygen atoms in total. The molecule has 1 fully saturated rings. The van der Waals surface area contributed by atoms with E-state index in [-0.39, 0.29) is 16.8 Å². The average Bonchev–Trinajstić information content (AvgIpc) is 2.95. The minimum absolute atomic E-state index is 0.0704. The quantitative estimate of drug-likeness (QED) is 0.410. The molecule has 144 valence electrons. The number of thiocarbonyl (C=S) groups is 1. The van der Waals surface area contributed by atoms with Gasteiger partial charge in [0.1, 0.15) is 5.75 Å². The van der Waals surface area contributed by atoms with Gasteiger partial charge >= 0.3 is 6.18 Å². The van der Waals surface area contributed by atoms with Crippen molar-refractivity contribution in [3.8, 4) is 5.75 Å². The Kier molecular flexibility index (Phi) is 5.64. The molecule has 10 heteroatoms. The number of hydrogen-bond acceptors (Lipinski definition) is 3. The van der Waals surface area contributed by atoms with Gasteiger partial charge in [0.2, 0.25) is 0 Å². The third-order valence-corrected chi connectivity index (χ3v) is 4.30. The van der Waals surface area contributed by atoms with Crippen molar-refractivity contribution in [2.24, 2.45) is 0 Å². The fourth-order valence-electron chi connectivity index (χ4n) is 2.48. The van der Waals surface area contributed by atoms with E-state index in [0.29, 0.717) is 19.5 Å². The predicted octanol–water partition coefficient (Wildman–Crippen LogP) is 3.94. The number of alkyl halides is 5. The highest BCUT2D eigenvalue weighted by Gasteiger charge is 2.34. The highest BCUT2D eigenvalue weighted by Crippen LogP contribution is 2.37. The Balaban J connectivity index is 1.98. The van der Waals surface area contributed by atoms with Crippen molar-refractivity contribution < 1.29 is 27.1 Å². The van der Waals surface area contributed by atoms with Crippen molar-refractivity contribution in [1.29, 1.82) is 0 Å². The van der Waals surface area contributed by atoms with Crippen molar-refractivity contribution in [1.82, 2.24) is 10.2 Å². The molecule has 0 spiro atoms. The summed E-state index contributed by atoms with van der Waals surface area (Å²) in [5, 5.41) is 14.8. The van der Waals surface area contributed by atoms with Gasteiger partial charge in [-0.3, -0.25) is 0 Å². The highest BCUT2D eigenvalue weighted by molar-refractivity contribution is 7.80. The van der Waals surface area contributed by atoms with Gasteiger partial charge in [-0.1, -0.05) is 6.58 Å². The minimum atomic E-state index is -4.70. The number of aromatic hydroxyl groups is 1. The molecule has 0 amide bonds. The van der Waals surface area contributed by atoms with Gasteiger partial charge < -0.3 is 20.6 Å². The van der Waals surface area contributed by atoms with E-state index in [1.165, 1.54) is 6.07 Å².